The van der Waals surface area contributed by atoms with Crippen molar-refractivity contribution in [1.29, 1.82) is 0 Å². The summed E-state index contributed by atoms with van der Waals surface area (Å²) in [7, 11) is 0. The zero-order valence-corrected chi connectivity index (χ0v) is 11.5. The summed E-state index contributed by atoms with van der Waals surface area (Å²) in [6.07, 6.45) is 1.79. The number of allylic oxidation sites excluding steroid dienone is 1. The minimum absolute atomic E-state index is 0.200. The number of anilines is 1. The maximum Gasteiger partial charge on any atom is 0.416 e. The average molecular weight is 289 g/mol. The largest absolute Gasteiger partial charge is 0.416 e. The molecule has 0 aliphatic carbocycles. The molecule has 106 valence electrons. The molecule has 0 spiro atoms. The number of hydrogen-bond acceptors (Lipinski definition) is 2. The fourth-order valence-corrected chi connectivity index (χ4v) is 2.56. The molecule has 0 aliphatic heterocycles. The lowest BCUT2D eigenvalue weighted by Crippen LogP contribution is -2.05. The van der Waals surface area contributed by atoms with Crippen LogP contribution in [-0.2, 0) is 6.18 Å². The lowest BCUT2D eigenvalue weighted by Gasteiger charge is -2.10. The monoisotopic (exact) mass is 289 g/mol. The first-order valence-corrected chi connectivity index (χ1v) is 7.14. The molecule has 1 aromatic carbocycles. The van der Waals surface area contributed by atoms with Gasteiger partial charge in [-0.2, -0.15) is 13.2 Å². The highest BCUT2D eigenvalue weighted by molar-refractivity contribution is 7.99. The van der Waals surface area contributed by atoms with Crippen molar-refractivity contribution in [2.45, 2.75) is 36.8 Å². The van der Waals surface area contributed by atoms with E-state index in [1.54, 1.807) is 0 Å². The molecule has 5 heteroatoms. The van der Waals surface area contributed by atoms with E-state index in [1.807, 2.05) is 6.08 Å². The van der Waals surface area contributed by atoms with Crippen molar-refractivity contribution in [3.63, 3.8) is 0 Å². The molecule has 2 N–H and O–H groups in total. The Balaban J connectivity index is 2.45. The molecule has 1 rings (SSSR count). The van der Waals surface area contributed by atoms with Gasteiger partial charge < -0.3 is 5.73 Å². The van der Waals surface area contributed by atoms with Crippen LogP contribution in [0, 0.1) is 0 Å². The van der Waals surface area contributed by atoms with E-state index in [1.165, 1.54) is 17.8 Å². The van der Waals surface area contributed by atoms with Crippen LogP contribution in [0.1, 0.15) is 31.2 Å². The van der Waals surface area contributed by atoms with Crippen LogP contribution in [0.25, 0.3) is 0 Å². The van der Waals surface area contributed by atoms with Gasteiger partial charge in [0.1, 0.15) is 0 Å². The molecule has 0 fully saturated rings. The highest BCUT2D eigenvalue weighted by Crippen LogP contribution is 2.34. The second-order valence-corrected chi connectivity index (χ2v) is 5.37. The van der Waals surface area contributed by atoms with E-state index >= 15 is 0 Å². The second-order valence-electron chi connectivity index (χ2n) is 4.24. The molecule has 19 heavy (non-hydrogen) atoms. The molecule has 1 aromatic rings. The van der Waals surface area contributed by atoms with Gasteiger partial charge in [-0.25, -0.2) is 0 Å². The van der Waals surface area contributed by atoms with Crippen molar-refractivity contribution in [3.8, 4) is 0 Å². The standard InChI is InChI=1S/C14H18F3NS/c1-2-3-4-5-6-9-19-13-8-7-11(10-12(13)18)14(15,16)17/h2,7-8,10H,1,3-6,9,18H2. The van der Waals surface area contributed by atoms with Gasteiger partial charge in [0.05, 0.1) is 5.56 Å². The zero-order chi connectivity index (χ0) is 14.3. The first kappa shape index (κ1) is 16.0. The highest BCUT2D eigenvalue weighted by atomic mass is 32.2. The molecular weight excluding hydrogens is 271 g/mol. The number of alkyl halides is 3. The Morgan fingerprint density at radius 1 is 1.21 bits per heavy atom. The van der Waals surface area contributed by atoms with Crippen LogP contribution in [0.2, 0.25) is 0 Å². The molecule has 0 radical (unpaired) electrons. The smallest absolute Gasteiger partial charge is 0.398 e. The summed E-state index contributed by atoms with van der Waals surface area (Å²) in [6.45, 7) is 3.65. The molecule has 0 bridgehead atoms. The van der Waals surface area contributed by atoms with Gasteiger partial charge in [0.15, 0.2) is 0 Å². The summed E-state index contributed by atoms with van der Waals surface area (Å²) in [5.41, 5.74) is 5.15. The fraction of sp³-hybridized carbons (Fsp3) is 0.429. The first-order chi connectivity index (χ1) is 8.95. The van der Waals surface area contributed by atoms with Gasteiger partial charge in [-0.05, 0) is 43.2 Å². The predicted molar refractivity (Wildman–Crippen MR) is 75.2 cm³/mol. The van der Waals surface area contributed by atoms with E-state index in [9.17, 15) is 13.2 Å². The normalized spacial score (nSPS) is 11.5. The lowest BCUT2D eigenvalue weighted by molar-refractivity contribution is -0.137. The van der Waals surface area contributed by atoms with Crippen molar-refractivity contribution < 1.29 is 13.2 Å². The summed E-state index contributed by atoms with van der Waals surface area (Å²) >= 11 is 1.51. The van der Waals surface area contributed by atoms with Gasteiger partial charge in [0.2, 0.25) is 0 Å². The van der Waals surface area contributed by atoms with Crippen LogP contribution in [0.5, 0.6) is 0 Å². The summed E-state index contributed by atoms with van der Waals surface area (Å²) in [5.74, 6) is 0.868. The molecule has 0 atom stereocenters. The van der Waals surface area contributed by atoms with E-state index in [4.69, 9.17) is 5.73 Å². The number of unbranched alkanes of at least 4 members (excludes halogenated alkanes) is 3. The van der Waals surface area contributed by atoms with Gasteiger partial charge >= 0.3 is 6.18 Å². The number of nitrogen functional groups attached to an aromatic ring is 1. The van der Waals surface area contributed by atoms with Gasteiger partial charge in [-0.3, -0.25) is 0 Å². The first-order valence-electron chi connectivity index (χ1n) is 6.15. The second kappa shape index (κ2) is 7.48. The molecule has 0 aliphatic rings. The lowest BCUT2D eigenvalue weighted by atomic mass is 10.2. The maximum absolute atomic E-state index is 12.5. The Morgan fingerprint density at radius 3 is 2.53 bits per heavy atom. The van der Waals surface area contributed by atoms with Gasteiger partial charge in [0, 0.05) is 10.6 Å². The zero-order valence-electron chi connectivity index (χ0n) is 10.7. The third-order valence-electron chi connectivity index (χ3n) is 2.65. The van der Waals surface area contributed by atoms with E-state index in [-0.39, 0.29) is 5.69 Å². The number of halogens is 3. The van der Waals surface area contributed by atoms with E-state index in [0.29, 0.717) is 0 Å². The summed E-state index contributed by atoms with van der Waals surface area (Å²) in [5, 5.41) is 0. The third-order valence-corrected chi connectivity index (χ3v) is 3.82. The molecule has 0 saturated carbocycles. The average Bonchev–Trinajstić information content (AvgIpc) is 2.34. The van der Waals surface area contributed by atoms with Crippen LogP contribution in [0.4, 0.5) is 18.9 Å². The van der Waals surface area contributed by atoms with E-state index < -0.39 is 11.7 Å². The van der Waals surface area contributed by atoms with Crippen LogP contribution in [0.3, 0.4) is 0 Å². The summed E-state index contributed by atoms with van der Waals surface area (Å²) in [6, 6.07) is 3.53. The molecule has 0 saturated heterocycles. The van der Waals surface area contributed by atoms with Crippen LogP contribution < -0.4 is 5.73 Å². The quantitative estimate of drug-likeness (QED) is 0.326. The SMILES string of the molecule is C=CCCCCCSc1ccc(C(F)(F)F)cc1N. The van der Waals surface area contributed by atoms with Gasteiger partial charge in [0.25, 0.3) is 0 Å². The van der Waals surface area contributed by atoms with Crippen LogP contribution in [-0.4, -0.2) is 5.75 Å². The Labute approximate surface area is 116 Å². The molecular formula is C14H18F3NS. The number of benzene rings is 1. The molecule has 0 aromatic heterocycles. The topological polar surface area (TPSA) is 26.0 Å². The van der Waals surface area contributed by atoms with Gasteiger partial charge in [-0.1, -0.05) is 12.5 Å². The van der Waals surface area contributed by atoms with Gasteiger partial charge in [-0.15, -0.1) is 18.3 Å². The van der Waals surface area contributed by atoms with Crippen molar-refractivity contribution in [1.82, 2.24) is 0 Å². The predicted octanol–water partition coefficient (Wildman–Crippen LogP) is 5.13. The minimum Gasteiger partial charge on any atom is -0.398 e. The summed E-state index contributed by atoms with van der Waals surface area (Å²) < 4.78 is 37.4. The number of thioether (sulfide) groups is 1. The Morgan fingerprint density at radius 2 is 1.95 bits per heavy atom. The Kier molecular flexibility index (Phi) is 6.28. The highest BCUT2D eigenvalue weighted by Gasteiger charge is 2.30. The maximum atomic E-state index is 12.5. The van der Waals surface area contributed by atoms with Crippen molar-refractivity contribution in [2.24, 2.45) is 0 Å². The van der Waals surface area contributed by atoms with E-state index in [0.717, 1.165) is 48.5 Å². The Bertz CT molecular complexity index is 416. The molecule has 0 amide bonds. The number of nitrogens with two attached hydrogens (primary N) is 1. The molecule has 1 nitrogen and oxygen atoms in total. The van der Waals surface area contributed by atoms with Crippen molar-refractivity contribution in [2.75, 3.05) is 11.5 Å². The van der Waals surface area contributed by atoms with Crippen LogP contribution >= 0.6 is 11.8 Å². The summed E-state index contributed by atoms with van der Waals surface area (Å²) in [4.78, 5) is 0.719. The van der Waals surface area contributed by atoms with Crippen LogP contribution in [0.15, 0.2) is 35.7 Å². The number of hydrogen-bond donors (Lipinski definition) is 1. The Hall–Kier alpha value is -1.10. The number of rotatable bonds is 7. The minimum atomic E-state index is -4.33. The van der Waals surface area contributed by atoms with E-state index in [2.05, 4.69) is 6.58 Å². The molecule has 0 heterocycles. The third kappa shape index (κ3) is 5.59. The molecule has 0 unspecified atom stereocenters. The fourth-order valence-electron chi connectivity index (χ4n) is 1.61. The van der Waals surface area contributed by atoms with Crippen molar-refractivity contribution in [3.05, 3.63) is 36.4 Å². The van der Waals surface area contributed by atoms with Crippen molar-refractivity contribution >= 4 is 17.4 Å².